The zero-order valence-electron chi connectivity index (χ0n) is 14.0. The third-order valence-corrected chi connectivity index (χ3v) is 4.45. The Kier molecular flexibility index (Phi) is 6.29. The molecule has 2 aromatic carbocycles. The number of amides is 1. The minimum absolute atomic E-state index is 0.0218. The summed E-state index contributed by atoms with van der Waals surface area (Å²) in [7, 11) is 1.91. The molecule has 0 heterocycles. The molecule has 0 radical (unpaired) electrons. The summed E-state index contributed by atoms with van der Waals surface area (Å²) in [5.74, 6) is -0.123. The van der Waals surface area contributed by atoms with E-state index < -0.39 is 0 Å². The quantitative estimate of drug-likeness (QED) is 0.757. The van der Waals surface area contributed by atoms with Crippen LogP contribution < -0.4 is 5.32 Å². The summed E-state index contributed by atoms with van der Waals surface area (Å²) >= 11 is 3.42. The van der Waals surface area contributed by atoms with E-state index in [0.717, 1.165) is 10.0 Å². The summed E-state index contributed by atoms with van der Waals surface area (Å²) < 4.78 is 1.03. The first-order valence-electron chi connectivity index (χ1n) is 7.73. The highest BCUT2D eigenvalue weighted by Crippen LogP contribution is 2.15. The lowest BCUT2D eigenvalue weighted by Crippen LogP contribution is -2.39. The number of carbonyl (C=O) groups excluding carboxylic acids is 2. The Labute approximate surface area is 151 Å². The highest BCUT2D eigenvalue weighted by Gasteiger charge is 2.18. The fourth-order valence-electron chi connectivity index (χ4n) is 2.28. The van der Waals surface area contributed by atoms with E-state index in [0.29, 0.717) is 17.8 Å². The minimum Gasteiger partial charge on any atom is -0.325 e. The van der Waals surface area contributed by atoms with E-state index in [9.17, 15) is 9.59 Å². The second-order valence-electron chi connectivity index (χ2n) is 5.84. The van der Waals surface area contributed by atoms with Gasteiger partial charge in [0.25, 0.3) is 0 Å². The first-order valence-corrected chi connectivity index (χ1v) is 8.52. The molecule has 4 nitrogen and oxygen atoms in total. The highest BCUT2D eigenvalue weighted by atomic mass is 79.9. The van der Waals surface area contributed by atoms with Gasteiger partial charge in [-0.15, -0.1) is 0 Å². The molecule has 0 aliphatic rings. The van der Waals surface area contributed by atoms with Crippen molar-refractivity contribution in [1.82, 2.24) is 4.90 Å². The van der Waals surface area contributed by atoms with Gasteiger partial charge in [-0.3, -0.25) is 14.5 Å². The monoisotopic (exact) mass is 388 g/mol. The Hall–Kier alpha value is -1.98. The number of nitrogens with one attached hydrogen (secondary N) is 1. The summed E-state index contributed by atoms with van der Waals surface area (Å²) in [6.07, 6.45) is 0. The van der Waals surface area contributed by atoms with Crippen LogP contribution in [0, 0.1) is 0 Å². The number of rotatable bonds is 6. The predicted molar refractivity (Wildman–Crippen MR) is 100 cm³/mol. The van der Waals surface area contributed by atoms with E-state index in [1.54, 1.807) is 24.3 Å². The second-order valence-corrected chi connectivity index (χ2v) is 6.76. The van der Waals surface area contributed by atoms with E-state index >= 15 is 0 Å². The summed E-state index contributed by atoms with van der Waals surface area (Å²) in [6, 6.07) is 14.7. The average molecular weight is 389 g/mol. The first-order chi connectivity index (χ1) is 11.4. The molecule has 126 valence electrons. The van der Waals surface area contributed by atoms with Gasteiger partial charge in [0.2, 0.25) is 5.91 Å². The first kappa shape index (κ1) is 18.4. The van der Waals surface area contributed by atoms with Gasteiger partial charge in [-0.05, 0) is 50.7 Å². The number of hydrogen-bond acceptors (Lipinski definition) is 3. The van der Waals surface area contributed by atoms with Gasteiger partial charge in [-0.1, -0.05) is 40.2 Å². The maximum atomic E-state index is 12.4. The molecule has 1 amide bonds. The molecular formula is C19H21BrN2O2. The molecule has 0 saturated carbocycles. The van der Waals surface area contributed by atoms with Gasteiger partial charge in [-0.2, -0.15) is 0 Å². The summed E-state index contributed by atoms with van der Waals surface area (Å²) in [6.45, 7) is 4.05. The lowest BCUT2D eigenvalue weighted by Gasteiger charge is -2.24. The number of Topliss-reactive ketones (excluding diaryl/α,β-unsaturated/α-hetero) is 1. The van der Waals surface area contributed by atoms with Crippen LogP contribution in [-0.2, 0) is 11.3 Å². The molecule has 5 heteroatoms. The highest BCUT2D eigenvalue weighted by molar-refractivity contribution is 9.10. The molecule has 1 N–H and O–H groups in total. The smallest absolute Gasteiger partial charge is 0.241 e. The van der Waals surface area contributed by atoms with Crippen LogP contribution >= 0.6 is 15.9 Å². The number of hydrogen-bond donors (Lipinski definition) is 1. The van der Waals surface area contributed by atoms with Crippen molar-refractivity contribution in [3.63, 3.8) is 0 Å². The number of benzene rings is 2. The lowest BCUT2D eigenvalue weighted by molar-refractivity contribution is -0.120. The van der Waals surface area contributed by atoms with Crippen LogP contribution in [0.3, 0.4) is 0 Å². The van der Waals surface area contributed by atoms with Crippen molar-refractivity contribution in [3.8, 4) is 0 Å². The Morgan fingerprint density at radius 2 is 1.83 bits per heavy atom. The number of likely N-dealkylation sites (N-methyl/N-ethyl adjacent to an activating group) is 1. The van der Waals surface area contributed by atoms with Crippen molar-refractivity contribution in [2.45, 2.75) is 26.4 Å². The number of ketones is 1. The van der Waals surface area contributed by atoms with Crippen molar-refractivity contribution >= 4 is 33.3 Å². The van der Waals surface area contributed by atoms with E-state index in [1.807, 2.05) is 43.1 Å². The van der Waals surface area contributed by atoms with Crippen molar-refractivity contribution in [2.75, 3.05) is 12.4 Å². The second kappa shape index (κ2) is 8.22. The van der Waals surface area contributed by atoms with Gasteiger partial charge in [0, 0.05) is 22.3 Å². The average Bonchev–Trinajstić information content (AvgIpc) is 2.56. The fraction of sp³-hybridized carbons (Fsp3) is 0.263. The Bertz CT molecular complexity index is 728. The maximum Gasteiger partial charge on any atom is 0.241 e. The predicted octanol–water partition coefficient (Wildman–Crippen LogP) is 4.11. The molecule has 0 fully saturated rings. The summed E-state index contributed by atoms with van der Waals surface area (Å²) in [4.78, 5) is 25.8. The molecule has 0 bridgehead atoms. The Balaban J connectivity index is 1.99. The Morgan fingerprint density at radius 1 is 1.17 bits per heavy atom. The number of anilines is 1. The van der Waals surface area contributed by atoms with E-state index in [4.69, 9.17) is 0 Å². The molecule has 1 atom stereocenters. The topological polar surface area (TPSA) is 49.4 Å². The molecule has 24 heavy (non-hydrogen) atoms. The molecule has 0 saturated heterocycles. The van der Waals surface area contributed by atoms with Crippen LogP contribution in [0.2, 0.25) is 0 Å². The van der Waals surface area contributed by atoms with Crippen molar-refractivity contribution in [1.29, 1.82) is 0 Å². The maximum absolute atomic E-state index is 12.4. The van der Waals surface area contributed by atoms with Crippen LogP contribution in [0.15, 0.2) is 53.0 Å². The normalized spacial score (nSPS) is 12.0. The summed E-state index contributed by atoms with van der Waals surface area (Å²) in [5.41, 5.74) is 2.36. The third kappa shape index (κ3) is 5.01. The van der Waals surface area contributed by atoms with Crippen molar-refractivity contribution < 1.29 is 9.59 Å². The van der Waals surface area contributed by atoms with Crippen LogP contribution in [0.1, 0.15) is 29.8 Å². The minimum atomic E-state index is -0.297. The standard InChI is InChI=1S/C19H21BrN2O2/c1-13(22(3)12-15-7-9-17(20)10-8-15)19(24)21-18-6-4-5-16(11-18)14(2)23/h4-11,13H,12H2,1-3H3,(H,21,24)/t13-/m1/s1. The van der Waals surface area contributed by atoms with Gasteiger partial charge in [-0.25, -0.2) is 0 Å². The van der Waals surface area contributed by atoms with E-state index in [2.05, 4.69) is 21.2 Å². The summed E-state index contributed by atoms with van der Waals surface area (Å²) in [5, 5.41) is 2.87. The van der Waals surface area contributed by atoms with Crippen LogP contribution in [0.25, 0.3) is 0 Å². The van der Waals surface area contributed by atoms with Gasteiger partial charge in [0.1, 0.15) is 0 Å². The molecule has 0 aliphatic heterocycles. The molecular weight excluding hydrogens is 368 g/mol. The molecule has 2 rings (SSSR count). The lowest BCUT2D eigenvalue weighted by atomic mass is 10.1. The number of nitrogens with zero attached hydrogens (tertiary/aromatic N) is 1. The third-order valence-electron chi connectivity index (χ3n) is 3.92. The van der Waals surface area contributed by atoms with Gasteiger partial charge >= 0.3 is 0 Å². The fourth-order valence-corrected chi connectivity index (χ4v) is 2.54. The van der Waals surface area contributed by atoms with Crippen LogP contribution in [-0.4, -0.2) is 29.7 Å². The van der Waals surface area contributed by atoms with Crippen LogP contribution in [0.4, 0.5) is 5.69 Å². The van der Waals surface area contributed by atoms with Crippen molar-refractivity contribution in [3.05, 3.63) is 64.1 Å². The number of halogens is 1. The molecule has 0 aromatic heterocycles. The van der Waals surface area contributed by atoms with E-state index in [1.165, 1.54) is 6.92 Å². The van der Waals surface area contributed by atoms with Crippen molar-refractivity contribution in [2.24, 2.45) is 0 Å². The Morgan fingerprint density at radius 3 is 2.46 bits per heavy atom. The van der Waals surface area contributed by atoms with Gasteiger partial charge in [0.05, 0.1) is 6.04 Å². The zero-order chi connectivity index (χ0) is 17.7. The SMILES string of the molecule is CC(=O)c1cccc(NC(=O)[C@@H](C)N(C)Cc2ccc(Br)cc2)c1. The molecule has 0 aliphatic carbocycles. The van der Waals surface area contributed by atoms with Crippen LogP contribution in [0.5, 0.6) is 0 Å². The molecule has 2 aromatic rings. The van der Waals surface area contributed by atoms with Gasteiger partial charge in [0.15, 0.2) is 5.78 Å². The molecule has 0 unspecified atom stereocenters. The molecule has 0 spiro atoms. The number of carbonyl (C=O) groups is 2. The van der Waals surface area contributed by atoms with Gasteiger partial charge < -0.3 is 5.32 Å². The van der Waals surface area contributed by atoms with E-state index in [-0.39, 0.29) is 17.7 Å². The largest absolute Gasteiger partial charge is 0.325 e. The zero-order valence-corrected chi connectivity index (χ0v) is 15.6.